The van der Waals surface area contributed by atoms with Gasteiger partial charge in [0.15, 0.2) is 0 Å². The van der Waals surface area contributed by atoms with E-state index >= 15 is 0 Å². The Kier molecular flexibility index (Phi) is 7.76. The Labute approximate surface area is 218 Å². The zero-order valence-corrected chi connectivity index (χ0v) is 21.0. The highest BCUT2D eigenvalue weighted by molar-refractivity contribution is 6.39. The molecule has 0 aliphatic carbocycles. The second-order valence-electron chi connectivity index (χ2n) is 8.47. The van der Waals surface area contributed by atoms with Crippen LogP contribution in [0.5, 0.6) is 0 Å². The minimum Gasteiger partial charge on any atom is -0.480 e. The third-order valence-electron chi connectivity index (χ3n) is 5.99. The lowest BCUT2D eigenvalue weighted by Gasteiger charge is -2.26. The number of hydrogen-bond acceptors (Lipinski definition) is 4. The topological polar surface area (TPSA) is 105 Å². The Morgan fingerprint density at radius 1 is 1.08 bits per heavy atom. The van der Waals surface area contributed by atoms with Gasteiger partial charge < -0.3 is 15.3 Å². The lowest BCUT2D eigenvalue weighted by Crippen LogP contribution is -2.42. The van der Waals surface area contributed by atoms with Crippen molar-refractivity contribution in [2.75, 3.05) is 13.1 Å². The predicted octanol–water partition coefficient (Wildman–Crippen LogP) is 4.08. The third-order valence-corrected chi connectivity index (χ3v) is 6.62. The highest BCUT2D eigenvalue weighted by Gasteiger charge is 2.24. The molecule has 10 heteroatoms. The summed E-state index contributed by atoms with van der Waals surface area (Å²) in [6, 6.07) is 12.7. The molecule has 1 aliphatic heterocycles. The molecule has 0 unspecified atom stereocenters. The number of rotatable bonds is 7. The number of carboxylic acids is 1. The summed E-state index contributed by atoms with van der Waals surface area (Å²) in [4.78, 5) is 38.8. The van der Waals surface area contributed by atoms with E-state index < -0.39 is 17.9 Å². The van der Waals surface area contributed by atoms with Gasteiger partial charge in [0.1, 0.15) is 11.7 Å². The molecule has 0 spiro atoms. The minimum atomic E-state index is -1.16. The van der Waals surface area contributed by atoms with Crippen LogP contribution >= 0.6 is 23.2 Å². The smallest absolute Gasteiger partial charge is 0.326 e. The van der Waals surface area contributed by atoms with Crippen molar-refractivity contribution in [2.24, 2.45) is 7.05 Å². The molecule has 0 saturated heterocycles. The zero-order chi connectivity index (χ0) is 25.8. The van der Waals surface area contributed by atoms with E-state index in [0.29, 0.717) is 25.2 Å². The lowest BCUT2D eigenvalue weighted by molar-refractivity contribution is -0.139. The Balaban J connectivity index is 1.40. The Morgan fingerprint density at radius 3 is 2.33 bits per heavy atom. The minimum absolute atomic E-state index is 0.0437. The fraction of sp³-hybridized carbons (Fsp3) is 0.231. The van der Waals surface area contributed by atoms with Gasteiger partial charge in [-0.1, -0.05) is 59.6 Å². The van der Waals surface area contributed by atoms with Crippen LogP contribution in [0.2, 0.25) is 10.0 Å². The second-order valence-corrected chi connectivity index (χ2v) is 9.28. The van der Waals surface area contributed by atoms with Crippen LogP contribution in [0.15, 0.2) is 60.8 Å². The van der Waals surface area contributed by atoms with Crippen LogP contribution in [0, 0.1) is 0 Å². The molecule has 1 aliphatic rings. The van der Waals surface area contributed by atoms with Crippen LogP contribution in [0.4, 0.5) is 0 Å². The average Bonchev–Trinajstić information content (AvgIpc) is 3.30. The first-order valence-corrected chi connectivity index (χ1v) is 12.0. The van der Waals surface area contributed by atoms with Crippen molar-refractivity contribution in [3.05, 3.63) is 93.2 Å². The summed E-state index contributed by atoms with van der Waals surface area (Å²) in [5.74, 6) is -1.91. The maximum absolute atomic E-state index is 12.6. The average molecular weight is 527 g/mol. The largest absolute Gasteiger partial charge is 0.480 e. The first kappa shape index (κ1) is 25.5. The van der Waals surface area contributed by atoms with Crippen LogP contribution in [0.1, 0.15) is 38.4 Å². The molecule has 186 valence electrons. The zero-order valence-electron chi connectivity index (χ0n) is 19.4. The van der Waals surface area contributed by atoms with Gasteiger partial charge in [0.2, 0.25) is 0 Å². The number of benzene rings is 2. The number of carbonyl (C=O) groups excluding carboxylic acids is 2. The first-order chi connectivity index (χ1) is 17.2. The number of carboxylic acid groups (broad SMARTS) is 1. The van der Waals surface area contributed by atoms with Gasteiger partial charge in [-0.25, -0.2) is 4.79 Å². The molecule has 4 rings (SSSR count). The van der Waals surface area contributed by atoms with Gasteiger partial charge in [-0.2, -0.15) is 5.10 Å². The normalized spacial score (nSPS) is 14.2. The molecule has 0 bridgehead atoms. The number of hydrogen-bond donors (Lipinski definition) is 2. The van der Waals surface area contributed by atoms with Gasteiger partial charge in [-0.05, 0) is 41.3 Å². The van der Waals surface area contributed by atoms with E-state index in [0.717, 1.165) is 16.7 Å². The number of nitrogens with one attached hydrogen (secondary N) is 1. The predicted molar refractivity (Wildman–Crippen MR) is 137 cm³/mol. The molecule has 3 aromatic rings. The maximum atomic E-state index is 12.6. The van der Waals surface area contributed by atoms with Crippen LogP contribution in [0.25, 0.3) is 5.57 Å². The van der Waals surface area contributed by atoms with Crippen LogP contribution < -0.4 is 5.32 Å². The monoisotopic (exact) mass is 526 g/mol. The number of aliphatic carboxylic acids is 1. The third kappa shape index (κ3) is 5.78. The Hall–Kier alpha value is -3.62. The molecule has 1 atom stereocenters. The molecule has 0 fully saturated rings. The molecule has 0 saturated carbocycles. The molecule has 2 N–H and O–H groups in total. The quantitative estimate of drug-likeness (QED) is 0.482. The fourth-order valence-electron chi connectivity index (χ4n) is 4.04. The number of nitrogens with zero attached hydrogens (tertiary/aromatic N) is 3. The highest BCUT2D eigenvalue weighted by atomic mass is 35.5. The van der Waals surface area contributed by atoms with E-state index in [-0.39, 0.29) is 27.9 Å². The summed E-state index contributed by atoms with van der Waals surface area (Å²) in [6.07, 6.45) is 4.55. The number of halogens is 2. The van der Waals surface area contributed by atoms with E-state index in [4.69, 9.17) is 23.2 Å². The summed E-state index contributed by atoms with van der Waals surface area (Å²) in [7, 11) is 1.77. The molecule has 0 radical (unpaired) electrons. The van der Waals surface area contributed by atoms with Gasteiger partial charge >= 0.3 is 5.97 Å². The summed E-state index contributed by atoms with van der Waals surface area (Å²) in [6.45, 7) is 1.07. The summed E-state index contributed by atoms with van der Waals surface area (Å²) < 4.78 is 1.60. The van der Waals surface area contributed by atoms with E-state index in [2.05, 4.69) is 10.4 Å². The highest BCUT2D eigenvalue weighted by Crippen LogP contribution is 2.25. The van der Waals surface area contributed by atoms with E-state index in [1.807, 2.05) is 30.3 Å². The van der Waals surface area contributed by atoms with Crippen molar-refractivity contribution in [1.29, 1.82) is 0 Å². The van der Waals surface area contributed by atoms with Crippen molar-refractivity contribution >= 4 is 46.6 Å². The summed E-state index contributed by atoms with van der Waals surface area (Å²) >= 11 is 12.1. The lowest BCUT2D eigenvalue weighted by atomic mass is 9.96. The van der Waals surface area contributed by atoms with Crippen molar-refractivity contribution < 1.29 is 19.5 Å². The van der Waals surface area contributed by atoms with Gasteiger partial charge in [-0.3, -0.25) is 14.3 Å². The van der Waals surface area contributed by atoms with Gasteiger partial charge in [0, 0.05) is 32.8 Å². The van der Waals surface area contributed by atoms with Crippen LogP contribution in [-0.4, -0.2) is 56.7 Å². The SMILES string of the molecule is Cn1ccc(C(=O)N2CC=C(c3ccc(C[C@H](NC(=O)c4c(Cl)cccc4Cl)C(=O)O)cc3)CC2)n1. The van der Waals surface area contributed by atoms with E-state index in [1.54, 1.807) is 35.0 Å². The molecule has 8 nitrogen and oxygen atoms in total. The van der Waals surface area contributed by atoms with Crippen LogP contribution in [0.3, 0.4) is 0 Å². The van der Waals surface area contributed by atoms with Crippen molar-refractivity contribution in [2.45, 2.75) is 18.9 Å². The van der Waals surface area contributed by atoms with Gasteiger partial charge in [0.25, 0.3) is 11.8 Å². The second kappa shape index (κ2) is 11.0. The standard InChI is InChI=1S/C26H24Cl2N4O4/c1-31-12-11-21(30-31)25(34)32-13-9-18(10-14-32)17-7-5-16(6-8-17)15-22(26(35)36)29-24(33)23-19(27)3-2-4-20(23)28/h2-9,11-12,22H,10,13-15H2,1H3,(H,29,33)(H,35,36)/t22-/m0/s1. The molecule has 2 amide bonds. The maximum Gasteiger partial charge on any atom is 0.326 e. The number of amides is 2. The number of aromatic nitrogens is 2. The molecular weight excluding hydrogens is 503 g/mol. The molecular formula is C26H24Cl2N4O4. The van der Waals surface area contributed by atoms with Gasteiger partial charge in [0.05, 0.1) is 15.6 Å². The van der Waals surface area contributed by atoms with Crippen LogP contribution in [-0.2, 0) is 18.3 Å². The van der Waals surface area contributed by atoms with Crippen molar-refractivity contribution in [3.8, 4) is 0 Å². The van der Waals surface area contributed by atoms with Crippen molar-refractivity contribution in [3.63, 3.8) is 0 Å². The Morgan fingerprint density at radius 2 is 1.78 bits per heavy atom. The first-order valence-electron chi connectivity index (χ1n) is 11.3. The fourth-order valence-corrected chi connectivity index (χ4v) is 4.61. The Bertz CT molecular complexity index is 1310. The van der Waals surface area contributed by atoms with E-state index in [1.165, 1.54) is 12.1 Å². The van der Waals surface area contributed by atoms with Crippen molar-refractivity contribution in [1.82, 2.24) is 20.0 Å². The summed E-state index contributed by atoms with van der Waals surface area (Å²) in [5.41, 5.74) is 3.34. The van der Waals surface area contributed by atoms with E-state index in [9.17, 15) is 19.5 Å². The summed E-state index contributed by atoms with van der Waals surface area (Å²) in [5, 5.41) is 16.6. The molecule has 2 aromatic carbocycles. The molecule has 2 heterocycles. The molecule has 36 heavy (non-hydrogen) atoms. The molecule has 1 aromatic heterocycles. The van der Waals surface area contributed by atoms with Gasteiger partial charge in [-0.15, -0.1) is 0 Å². The number of aryl methyl sites for hydroxylation is 1. The number of carbonyl (C=O) groups is 3.